The van der Waals surface area contributed by atoms with E-state index in [2.05, 4.69) is 26.0 Å². The summed E-state index contributed by atoms with van der Waals surface area (Å²) in [7, 11) is 1.26. The Morgan fingerprint density at radius 3 is 2.59 bits per heavy atom. The Balaban J connectivity index is 2.58. The molecule has 0 aromatic heterocycles. The molecule has 22 heavy (non-hydrogen) atoms. The van der Waals surface area contributed by atoms with Crippen LogP contribution in [0.1, 0.15) is 20.3 Å². The Hall–Kier alpha value is -1.63. The molecule has 1 aromatic carbocycles. The molecule has 0 heterocycles. The summed E-state index contributed by atoms with van der Waals surface area (Å²) in [5, 5.41) is 2.53. The average Bonchev–Trinajstić information content (AvgIpc) is 2.44. The molecule has 1 N–H and O–H groups in total. The predicted octanol–water partition coefficient (Wildman–Crippen LogP) is 2.67. The number of carbonyl (C=O) groups is 2. The standard InChI is InChI=1S/C15H19BrFNO4/c1-9(2)6-12(15(20)21-3)18-14(19)8-22-13-5-4-10(16)7-11(13)17/h4-5,7,9,12H,6,8H2,1-3H3,(H,18,19). The summed E-state index contributed by atoms with van der Waals surface area (Å²) >= 11 is 3.13. The molecular formula is C15H19BrFNO4. The van der Waals surface area contributed by atoms with Gasteiger partial charge in [-0.25, -0.2) is 9.18 Å². The van der Waals surface area contributed by atoms with Crippen LogP contribution in [0, 0.1) is 11.7 Å². The van der Waals surface area contributed by atoms with E-state index in [4.69, 9.17) is 4.74 Å². The van der Waals surface area contributed by atoms with E-state index in [0.29, 0.717) is 10.9 Å². The quantitative estimate of drug-likeness (QED) is 0.744. The summed E-state index contributed by atoms with van der Waals surface area (Å²) in [5.41, 5.74) is 0. The molecule has 0 spiro atoms. The lowest BCUT2D eigenvalue weighted by atomic mass is 10.0. The smallest absolute Gasteiger partial charge is 0.328 e. The number of benzene rings is 1. The van der Waals surface area contributed by atoms with E-state index >= 15 is 0 Å². The highest BCUT2D eigenvalue weighted by Gasteiger charge is 2.22. The highest BCUT2D eigenvalue weighted by molar-refractivity contribution is 9.10. The molecule has 1 atom stereocenters. The third-order valence-electron chi connectivity index (χ3n) is 2.78. The molecule has 0 aliphatic heterocycles. The number of hydrogen-bond donors (Lipinski definition) is 1. The maximum atomic E-state index is 13.6. The van der Waals surface area contributed by atoms with Gasteiger partial charge in [-0.3, -0.25) is 4.79 Å². The van der Waals surface area contributed by atoms with E-state index in [1.165, 1.54) is 19.2 Å². The van der Waals surface area contributed by atoms with Crippen molar-refractivity contribution in [3.05, 3.63) is 28.5 Å². The second kappa shape index (κ2) is 8.73. The first-order valence-electron chi connectivity index (χ1n) is 6.78. The van der Waals surface area contributed by atoms with Crippen molar-refractivity contribution >= 4 is 27.8 Å². The second-order valence-corrected chi connectivity index (χ2v) is 6.05. The van der Waals surface area contributed by atoms with Crippen molar-refractivity contribution in [2.24, 2.45) is 5.92 Å². The third kappa shape index (κ3) is 6.01. The molecule has 122 valence electrons. The number of esters is 1. The fraction of sp³-hybridized carbons (Fsp3) is 0.467. The van der Waals surface area contributed by atoms with Crippen LogP contribution >= 0.6 is 15.9 Å². The van der Waals surface area contributed by atoms with Crippen molar-refractivity contribution in [3.8, 4) is 5.75 Å². The first kappa shape index (κ1) is 18.4. The molecule has 0 aliphatic carbocycles. The molecule has 0 bridgehead atoms. The molecule has 0 radical (unpaired) electrons. The van der Waals surface area contributed by atoms with Crippen LogP contribution in [0.2, 0.25) is 0 Å². The minimum Gasteiger partial charge on any atom is -0.481 e. The van der Waals surface area contributed by atoms with Gasteiger partial charge in [0.15, 0.2) is 18.2 Å². The predicted molar refractivity (Wildman–Crippen MR) is 83.0 cm³/mol. The molecule has 0 saturated carbocycles. The van der Waals surface area contributed by atoms with Crippen molar-refractivity contribution in [1.29, 1.82) is 0 Å². The topological polar surface area (TPSA) is 64.6 Å². The molecule has 5 nitrogen and oxygen atoms in total. The summed E-state index contributed by atoms with van der Waals surface area (Å²) in [6.07, 6.45) is 0.449. The number of hydrogen-bond acceptors (Lipinski definition) is 4. The Kier molecular flexibility index (Phi) is 7.31. The average molecular weight is 376 g/mol. The van der Waals surface area contributed by atoms with Gasteiger partial charge in [0.1, 0.15) is 6.04 Å². The van der Waals surface area contributed by atoms with Gasteiger partial charge in [-0.2, -0.15) is 0 Å². The zero-order valence-corrected chi connectivity index (χ0v) is 14.3. The number of nitrogens with one attached hydrogen (secondary N) is 1. The number of ether oxygens (including phenoxy) is 2. The van der Waals surface area contributed by atoms with E-state index in [9.17, 15) is 14.0 Å². The second-order valence-electron chi connectivity index (χ2n) is 5.14. The molecular weight excluding hydrogens is 357 g/mol. The molecule has 1 unspecified atom stereocenters. The van der Waals surface area contributed by atoms with Crippen LogP contribution in [0.25, 0.3) is 0 Å². The minimum absolute atomic E-state index is 0.0307. The Morgan fingerprint density at radius 2 is 2.05 bits per heavy atom. The van der Waals surface area contributed by atoms with Gasteiger partial charge in [-0.05, 0) is 30.5 Å². The van der Waals surface area contributed by atoms with Crippen molar-refractivity contribution in [3.63, 3.8) is 0 Å². The first-order valence-corrected chi connectivity index (χ1v) is 7.57. The summed E-state index contributed by atoms with van der Waals surface area (Å²) < 4.78 is 23.9. The molecule has 0 aliphatic rings. The van der Waals surface area contributed by atoms with Crippen LogP contribution in [0.15, 0.2) is 22.7 Å². The Labute approximate surface area is 137 Å². The Bertz CT molecular complexity index is 536. The van der Waals surface area contributed by atoms with Crippen LogP contribution in [0.5, 0.6) is 5.75 Å². The van der Waals surface area contributed by atoms with Crippen molar-refractivity contribution in [2.75, 3.05) is 13.7 Å². The first-order chi connectivity index (χ1) is 10.3. The highest BCUT2D eigenvalue weighted by Crippen LogP contribution is 2.21. The van der Waals surface area contributed by atoms with Gasteiger partial charge in [-0.1, -0.05) is 29.8 Å². The lowest BCUT2D eigenvalue weighted by Gasteiger charge is -2.18. The lowest BCUT2D eigenvalue weighted by molar-refractivity contribution is -0.145. The SMILES string of the molecule is COC(=O)C(CC(C)C)NC(=O)COc1ccc(Br)cc1F. The van der Waals surface area contributed by atoms with Gasteiger partial charge in [0, 0.05) is 4.47 Å². The molecule has 7 heteroatoms. The normalized spacial score (nSPS) is 11.9. The zero-order chi connectivity index (χ0) is 16.7. The molecule has 1 rings (SSSR count). The summed E-state index contributed by atoms with van der Waals surface area (Å²) in [5.74, 6) is -1.44. The monoisotopic (exact) mass is 375 g/mol. The summed E-state index contributed by atoms with van der Waals surface area (Å²) in [6, 6.07) is 3.52. The van der Waals surface area contributed by atoms with Crippen molar-refractivity contribution in [1.82, 2.24) is 5.32 Å². The van der Waals surface area contributed by atoms with Gasteiger partial charge < -0.3 is 14.8 Å². The molecule has 1 aromatic rings. The number of amides is 1. The summed E-state index contributed by atoms with van der Waals surface area (Å²) in [4.78, 5) is 23.4. The van der Waals surface area contributed by atoms with Crippen molar-refractivity contribution in [2.45, 2.75) is 26.3 Å². The number of carbonyl (C=O) groups excluding carboxylic acids is 2. The van der Waals surface area contributed by atoms with Crippen LogP contribution in [-0.4, -0.2) is 31.6 Å². The van der Waals surface area contributed by atoms with E-state index in [1.54, 1.807) is 6.07 Å². The van der Waals surface area contributed by atoms with Crippen LogP contribution < -0.4 is 10.1 Å². The molecule has 1 amide bonds. The van der Waals surface area contributed by atoms with Crippen LogP contribution in [0.3, 0.4) is 0 Å². The van der Waals surface area contributed by atoms with Crippen LogP contribution in [0.4, 0.5) is 4.39 Å². The van der Waals surface area contributed by atoms with Gasteiger partial charge >= 0.3 is 5.97 Å². The van der Waals surface area contributed by atoms with E-state index in [-0.39, 0.29) is 18.3 Å². The van der Waals surface area contributed by atoms with Crippen molar-refractivity contribution < 1.29 is 23.5 Å². The van der Waals surface area contributed by atoms with Gasteiger partial charge in [-0.15, -0.1) is 0 Å². The zero-order valence-electron chi connectivity index (χ0n) is 12.7. The van der Waals surface area contributed by atoms with Crippen LogP contribution in [-0.2, 0) is 14.3 Å². The van der Waals surface area contributed by atoms with E-state index < -0.39 is 23.7 Å². The van der Waals surface area contributed by atoms with E-state index in [0.717, 1.165) is 0 Å². The van der Waals surface area contributed by atoms with E-state index in [1.807, 2.05) is 13.8 Å². The third-order valence-corrected chi connectivity index (χ3v) is 3.27. The largest absolute Gasteiger partial charge is 0.481 e. The van der Waals surface area contributed by atoms with Gasteiger partial charge in [0.05, 0.1) is 7.11 Å². The number of halogens is 2. The Morgan fingerprint density at radius 1 is 1.36 bits per heavy atom. The lowest BCUT2D eigenvalue weighted by Crippen LogP contribution is -2.44. The maximum absolute atomic E-state index is 13.6. The summed E-state index contributed by atoms with van der Waals surface area (Å²) in [6.45, 7) is 3.47. The molecule has 0 fully saturated rings. The fourth-order valence-corrected chi connectivity index (χ4v) is 2.13. The van der Waals surface area contributed by atoms with Gasteiger partial charge in [0.2, 0.25) is 0 Å². The fourth-order valence-electron chi connectivity index (χ4n) is 1.80. The highest BCUT2D eigenvalue weighted by atomic mass is 79.9. The number of rotatable bonds is 7. The molecule has 0 saturated heterocycles. The van der Waals surface area contributed by atoms with Gasteiger partial charge in [0.25, 0.3) is 5.91 Å². The maximum Gasteiger partial charge on any atom is 0.328 e. The number of methoxy groups -OCH3 is 1. The minimum atomic E-state index is -0.740.